The number of ether oxygens (including phenoxy) is 1. The molecule has 0 N–H and O–H groups in total. The van der Waals surface area contributed by atoms with Gasteiger partial charge in [-0.15, -0.1) is 0 Å². The molecule has 2 heterocycles. The van der Waals surface area contributed by atoms with E-state index in [0.29, 0.717) is 37.4 Å². The molecule has 1 aromatic heterocycles. The number of hydrogen-bond donors (Lipinski definition) is 0. The number of methoxy groups -OCH3 is 1. The Morgan fingerprint density at radius 2 is 1.88 bits per heavy atom. The molecule has 1 aliphatic rings. The minimum Gasteiger partial charge on any atom is -0.497 e. The topological polar surface area (TPSA) is 62.7 Å². The van der Waals surface area contributed by atoms with Gasteiger partial charge in [-0.3, -0.25) is 14.6 Å². The lowest BCUT2D eigenvalue weighted by Gasteiger charge is -2.40. The van der Waals surface area contributed by atoms with E-state index in [-0.39, 0.29) is 11.8 Å². The normalized spacial score (nSPS) is 16.2. The van der Waals surface area contributed by atoms with Crippen LogP contribution in [0.4, 0.5) is 0 Å². The molecule has 4 rings (SSSR count). The van der Waals surface area contributed by atoms with Crippen LogP contribution in [0.3, 0.4) is 0 Å². The standard InChI is InChI=1S/C26H27N3O3/c1-3-28-14-15-29(25(30)21-6-4-8-23(17-21)32-2)24(26(28)31)16-19-9-11-20(12-10-19)22-7-5-13-27-18-22/h4-13,17-18,24H,3,14-16H2,1-2H3. The minimum absolute atomic E-state index is 0.00803. The highest BCUT2D eigenvalue weighted by Gasteiger charge is 2.37. The van der Waals surface area contributed by atoms with E-state index in [2.05, 4.69) is 4.98 Å². The van der Waals surface area contributed by atoms with Crippen molar-refractivity contribution < 1.29 is 14.3 Å². The number of likely N-dealkylation sites (N-methyl/N-ethyl adjacent to an activating group) is 1. The summed E-state index contributed by atoms with van der Waals surface area (Å²) in [6, 6.07) is 18.6. The Morgan fingerprint density at radius 1 is 1.06 bits per heavy atom. The summed E-state index contributed by atoms with van der Waals surface area (Å²) in [6.07, 6.45) is 4.05. The number of nitrogens with zero attached hydrogens (tertiary/aromatic N) is 3. The van der Waals surface area contributed by atoms with Crippen molar-refractivity contribution in [1.29, 1.82) is 0 Å². The molecule has 164 valence electrons. The van der Waals surface area contributed by atoms with Crippen molar-refractivity contribution in [3.8, 4) is 16.9 Å². The van der Waals surface area contributed by atoms with Gasteiger partial charge in [0.15, 0.2) is 0 Å². The number of piperazine rings is 1. The Balaban J connectivity index is 1.58. The van der Waals surface area contributed by atoms with Crippen LogP contribution in [0.15, 0.2) is 73.1 Å². The average Bonchev–Trinajstić information content (AvgIpc) is 2.86. The van der Waals surface area contributed by atoms with E-state index >= 15 is 0 Å². The Morgan fingerprint density at radius 3 is 2.56 bits per heavy atom. The first kappa shape index (κ1) is 21.6. The largest absolute Gasteiger partial charge is 0.497 e. The number of pyridine rings is 1. The molecule has 1 saturated heterocycles. The lowest BCUT2D eigenvalue weighted by Crippen LogP contribution is -2.59. The van der Waals surface area contributed by atoms with Gasteiger partial charge in [-0.1, -0.05) is 36.4 Å². The lowest BCUT2D eigenvalue weighted by molar-refractivity contribution is -0.139. The molecule has 6 nitrogen and oxygen atoms in total. The number of benzene rings is 2. The molecule has 0 saturated carbocycles. The zero-order chi connectivity index (χ0) is 22.5. The number of rotatable bonds is 6. The van der Waals surface area contributed by atoms with Crippen molar-refractivity contribution in [1.82, 2.24) is 14.8 Å². The maximum absolute atomic E-state index is 13.3. The van der Waals surface area contributed by atoms with E-state index in [1.807, 2.05) is 54.4 Å². The first-order valence-electron chi connectivity index (χ1n) is 10.8. The molecule has 2 amide bonds. The Labute approximate surface area is 188 Å². The molecule has 1 atom stereocenters. The molecular formula is C26H27N3O3. The molecule has 6 heteroatoms. The van der Waals surface area contributed by atoms with E-state index in [4.69, 9.17) is 4.74 Å². The maximum atomic E-state index is 13.3. The molecule has 32 heavy (non-hydrogen) atoms. The van der Waals surface area contributed by atoms with Gasteiger partial charge in [-0.25, -0.2) is 0 Å². The maximum Gasteiger partial charge on any atom is 0.254 e. The van der Waals surface area contributed by atoms with Gasteiger partial charge < -0.3 is 14.5 Å². The third-order valence-electron chi connectivity index (χ3n) is 5.92. The number of aromatic nitrogens is 1. The van der Waals surface area contributed by atoms with Gasteiger partial charge in [0.05, 0.1) is 7.11 Å². The monoisotopic (exact) mass is 429 g/mol. The van der Waals surface area contributed by atoms with E-state index in [1.54, 1.807) is 42.5 Å². The first-order valence-corrected chi connectivity index (χ1v) is 10.8. The molecule has 1 unspecified atom stereocenters. The van der Waals surface area contributed by atoms with Crippen LogP contribution in [0.2, 0.25) is 0 Å². The van der Waals surface area contributed by atoms with Gasteiger partial charge in [0.2, 0.25) is 5.91 Å². The van der Waals surface area contributed by atoms with Crippen LogP contribution >= 0.6 is 0 Å². The van der Waals surface area contributed by atoms with E-state index < -0.39 is 6.04 Å². The second-order valence-corrected chi connectivity index (χ2v) is 7.81. The van der Waals surface area contributed by atoms with Gasteiger partial charge >= 0.3 is 0 Å². The molecule has 0 spiro atoms. The third kappa shape index (κ3) is 4.49. The fraction of sp³-hybridized carbons (Fsp3) is 0.269. The summed E-state index contributed by atoms with van der Waals surface area (Å²) in [7, 11) is 1.57. The van der Waals surface area contributed by atoms with E-state index in [0.717, 1.165) is 16.7 Å². The summed E-state index contributed by atoms with van der Waals surface area (Å²) >= 11 is 0. The minimum atomic E-state index is -0.536. The zero-order valence-corrected chi connectivity index (χ0v) is 18.4. The van der Waals surface area contributed by atoms with Gasteiger partial charge in [0.25, 0.3) is 5.91 Å². The molecule has 1 aliphatic heterocycles. The van der Waals surface area contributed by atoms with Crippen LogP contribution in [0.25, 0.3) is 11.1 Å². The molecule has 0 bridgehead atoms. The van der Waals surface area contributed by atoms with Crippen LogP contribution in [0.5, 0.6) is 5.75 Å². The predicted molar refractivity (Wildman–Crippen MR) is 123 cm³/mol. The van der Waals surface area contributed by atoms with Crippen LogP contribution in [0.1, 0.15) is 22.8 Å². The highest BCUT2D eigenvalue weighted by atomic mass is 16.5. The molecular weight excluding hydrogens is 402 g/mol. The van der Waals surface area contributed by atoms with Crippen molar-refractivity contribution in [2.24, 2.45) is 0 Å². The number of carbonyl (C=O) groups is 2. The van der Waals surface area contributed by atoms with Crippen molar-refractivity contribution >= 4 is 11.8 Å². The predicted octanol–water partition coefficient (Wildman–Crippen LogP) is 3.67. The smallest absolute Gasteiger partial charge is 0.254 e. The third-order valence-corrected chi connectivity index (χ3v) is 5.92. The zero-order valence-electron chi connectivity index (χ0n) is 18.4. The van der Waals surface area contributed by atoms with E-state index in [9.17, 15) is 9.59 Å². The molecule has 1 fully saturated rings. The van der Waals surface area contributed by atoms with Crippen molar-refractivity contribution in [3.05, 3.63) is 84.2 Å². The van der Waals surface area contributed by atoms with Gasteiger partial charge in [0, 0.05) is 44.0 Å². The fourth-order valence-corrected chi connectivity index (χ4v) is 4.11. The SMILES string of the molecule is CCN1CCN(C(=O)c2cccc(OC)c2)C(Cc2ccc(-c3cccnc3)cc2)C1=O. The number of amides is 2. The van der Waals surface area contributed by atoms with Crippen molar-refractivity contribution in [3.63, 3.8) is 0 Å². The van der Waals surface area contributed by atoms with Gasteiger partial charge in [0.1, 0.15) is 11.8 Å². The summed E-state index contributed by atoms with van der Waals surface area (Å²) < 4.78 is 5.27. The van der Waals surface area contributed by atoms with Crippen molar-refractivity contribution in [2.45, 2.75) is 19.4 Å². The Kier molecular flexibility index (Phi) is 6.50. The fourth-order valence-electron chi connectivity index (χ4n) is 4.11. The first-order chi connectivity index (χ1) is 15.6. The highest BCUT2D eigenvalue weighted by molar-refractivity contribution is 5.98. The number of hydrogen-bond acceptors (Lipinski definition) is 4. The van der Waals surface area contributed by atoms with E-state index in [1.165, 1.54) is 0 Å². The Hall–Kier alpha value is -3.67. The van der Waals surface area contributed by atoms with Crippen LogP contribution in [-0.4, -0.2) is 59.4 Å². The second-order valence-electron chi connectivity index (χ2n) is 7.81. The molecule has 3 aromatic rings. The van der Waals surface area contributed by atoms with Crippen LogP contribution in [-0.2, 0) is 11.2 Å². The quantitative estimate of drug-likeness (QED) is 0.600. The van der Waals surface area contributed by atoms with Crippen LogP contribution in [0, 0.1) is 0 Å². The van der Waals surface area contributed by atoms with Crippen LogP contribution < -0.4 is 4.74 Å². The summed E-state index contributed by atoms with van der Waals surface area (Å²) in [5.74, 6) is 0.466. The molecule has 2 aromatic carbocycles. The molecule has 0 aliphatic carbocycles. The Bertz CT molecular complexity index is 1080. The summed E-state index contributed by atoms with van der Waals surface area (Å²) in [4.78, 5) is 34.3. The van der Waals surface area contributed by atoms with Crippen molar-refractivity contribution in [2.75, 3.05) is 26.7 Å². The lowest BCUT2D eigenvalue weighted by atomic mass is 9.98. The number of carbonyl (C=O) groups excluding carboxylic acids is 2. The highest BCUT2D eigenvalue weighted by Crippen LogP contribution is 2.23. The van der Waals surface area contributed by atoms with Gasteiger partial charge in [-0.05, 0) is 47.9 Å². The summed E-state index contributed by atoms with van der Waals surface area (Å²) in [6.45, 7) is 3.66. The summed E-state index contributed by atoms with van der Waals surface area (Å²) in [5, 5.41) is 0. The van der Waals surface area contributed by atoms with Gasteiger partial charge in [-0.2, -0.15) is 0 Å². The molecule has 0 radical (unpaired) electrons. The average molecular weight is 430 g/mol. The summed E-state index contributed by atoms with van der Waals surface area (Å²) in [5.41, 5.74) is 3.65. The second kappa shape index (κ2) is 9.64.